The highest BCUT2D eigenvalue weighted by Gasteiger charge is 2.06. The molecule has 0 spiro atoms. The molecule has 0 atom stereocenters. The van der Waals surface area contributed by atoms with Crippen LogP contribution in [0.4, 0.5) is 8.78 Å². The summed E-state index contributed by atoms with van der Waals surface area (Å²) in [5.74, 6) is -1.65. The topological polar surface area (TPSA) is 12.9 Å². The minimum Gasteiger partial charge on any atom is -0.190 e. The van der Waals surface area contributed by atoms with Gasteiger partial charge in [-0.15, -0.1) is 0 Å². The summed E-state index contributed by atoms with van der Waals surface area (Å²) in [4.78, 5) is 3.11. The van der Waals surface area contributed by atoms with Gasteiger partial charge >= 0.3 is 0 Å². The summed E-state index contributed by atoms with van der Waals surface area (Å²) in [6, 6.07) is 9.09. The Morgan fingerprint density at radius 3 is 2.20 bits per heavy atom. The van der Waals surface area contributed by atoms with Crippen LogP contribution in [0.3, 0.4) is 0 Å². The average molecular weight is 201 g/mol. The van der Waals surface area contributed by atoms with Crippen LogP contribution in [0, 0.1) is 11.9 Å². The first-order valence-corrected chi connectivity index (χ1v) is 4.35. The Kier molecular flexibility index (Phi) is 2.50. The fraction of sp³-hybridized carbons (Fsp3) is 0. The summed E-state index contributed by atoms with van der Waals surface area (Å²) in [6.45, 7) is 0. The second-order valence-electron chi connectivity index (χ2n) is 3.09. The van der Waals surface area contributed by atoms with E-state index in [-0.39, 0.29) is 5.56 Å². The molecule has 4 heteroatoms. The van der Waals surface area contributed by atoms with Crippen molar-refractivity contribution < 1.29 is 8.78 Å². The van der Waals surface area contributed by atoms with Gasteiger partial charge < -0.3 is 0 Å². The Balaban J connectivity index is 2.49. The van der Waals surface area contributed by atoms with E-state index in [0.29, 0.717) is 11.0 Å². The quantitative estimate of drug-likeness (QED) is 0.506. The van der Waals surface area contributed by atoms with E-state index in [9.17, 15) is 8.78 Å². The number of pyridine rings is 1. The molecule has 0 saturated carbocycles. The summed E-state index contributed by atoms with van der Waals surface area (Å²) in [7, 11) is 5.50. The van der Waals surface area contributed by atoms with Gasteiger partial charge in [0.1, 0.15) is 7.85 Å². The molecule has 0 amide bonds. The fourth-order valence-electron chi connectivity index (χ4n) is 1.29. The first-order chi connectivity index (χ1) is 7.16. The predicted octanol–water partition coefficient (Wildman–Crippen LogP) is 1.82. The molecule has 72 valence electrons. The van der Waals surface area contributed by atoms with Gasteiger partial charge in [0, 0.05) is 5.56 Å². The number of nitrogens with zero attached hydrogens (tertiary/aromatic N) is 1. The van der Waals surface area contributed by atoms with Crippen molar-refractivity contribution in [3.63, 3.8) is 0 Å². The second kappa shape index (κ2) is 3.81. The third-order valence-corrected chi connectivity index (χ3v) is 2.04. The van der Waals surface area contributed by atoms with Gasteiger partial charge in [0.05, 0.1) is 0 Å². The first-order valence-electron chi connectivity index (χ1n) is 4.35. The number of hydrogen-bond acceptors (Lipinski definition) is 1. The van der Waals surface area contributed by atoms with Gasteiger partial charge in [-0.1, -0.05) is 29.7 Å². The van der Waals surface area contributed by atoms with E-state index in [1.165, 1.54) is 6.07 Å². The SMILES string of the molecule is [B]c1ccc(-c2ccc(F)nc2F)cc1. The maximum absolute atomic E-state index is 13.3. The predicted molar refractivity (Wildman–Crippen MR) is 55.0 cm³/mol. The Labute approximate surface area is 87.2 Å². The van der Waals surface area contributed by atoms with Gasteiger partial charge in [-0.05, 0) is 17.7 Å². The second-order valence-corrected chi connectivity index (χ2v) is 3.09. The van der Waals surface area contributed by atoms with Crippen molar-refractivity contribution in [2.45, 2.75) is 0 Å². The molecule has 0 fully saturated rings. The van der Waals surface area contributed by atoms with Crippen molar-refractivity contribution in [2.24, 2.45) is 0 Å². The standard InChI is InChI=1S/C11H6BF2N/c12-8-3-1-7(2-4-8)9-5-6-10(13)15-11(9)14/h1-6H. The summed E-state index contributed by atoms with van der Waals surface area (Å²) in [6.07, 6.45) is 0. The Hall–Kier alpha value is -1.71. The fourth-order valence-corrected chi connectivity index (χ4v) is 1.29. The highest BCUT2D eigenvalue weighted by Crippen LogP contribution is 2.20. The lowest BCUT2D eigenvalue weighted by atomic mass is 9.94. The van der Waals surface area contributed by atoms with Gasteiger partial charge in [-0.3, -0.25) is 0 Å². The molecule has 1 aromatic heterocycles. The summed E-state index contributed by atoms with van der Waals surface area (Å²) in [5, 5.41) is 0. The van der Waals surface area contributed by atoms with E-state index in [4.69, 9.17) is 7.85 Å². The van der Waals surface area contributed by atoms with Crippen molar-refractivity contribution in [1.29, 1.82) is 0 Å². The van der Waals surface area contributed by atoms with Crippen molar-refractivity contribution >= 4 is 13.3 Å². The van der Waals surface area contributed by atoms with E-state index in [2.05, 4.69) is 4.98 Å². The zero-order chi connectivity index (χ0) is 10.8. The number of hydrogen-bond donors (Lipinski definition) is 0. The molecule has 0 unspecified atom stereocenters. The number of aromatic nitrogens is 1. The Bertz CT molecular complexity index is 482. The molecule has 2 rings (SSSR count). The lowest BCUT2D eigenvalue weighted by molar-refractivity contribution is 0.515. The third kappa shape index (κ3) is 2.04. The highest BCUT2D eigenvalue weighted by molar-refractivity contribution is 6.32. The zero-order valence-corrected chi connectivity index (χ0v) is 7.74. The number of halogens is 2. The molecule has 2 radical (unpaired) electrons. The van der Waals surface area contributed by atoms with Crippen molar-refractivity contribution in [1.82, 2.24) is 4.98 Å². The Morgan fingerprint density at radius 1 is 0.933 bits per heavy atom. The summed E-state index contributed by atoms with van der Waals surface area (Å²) < 4.78 is 25.8. The largest absolute Gasteiger partial charge is 0.223 e. The molecule has 15 heavy (non-hydrogen) atoms. The van der Waals surface area contributed by atoms with E-state index in [1.54, 1.807) is 24.3 Å². The normalized spacial score (nSPS) is 10.3. The van der Waals surface area contributed by atoms with Gasteiger partial charge in [0.15, 0.2) is 0 Å². The van der Waals surface area contributed by atoms with E-state index >= 15 is 0 Å². The van der Waals surface area contributed by atoms with Crippen LogP contribution in [0.5, 0.6) is 0 Å². The van der Waals surface area contributed by atoms with Crippen LogP contribution in [0.1, 0.15) is 0 Å². The molecule has 0 aliphatic carbocycles. The van der Waals surface area contributed by atoms with Crippen LogP contribution in [-0.4, -0.2) is 12.8 Å². The molecule has 0 aliphatic heterocycles. The van der Waals surface area contributed by atoms with E-state index in [0.717, 1.165) is 6.07 Å². The summed E-state index contributed by atoms with van der Waals surface area (Å²) >= 11 is 0. The molecule has 1 aromatic carbocycles. The minimum atomic E-state index is -0.827. The van der Waals surface area contributed by atoms with Crippen LogP contribution in [0.15, 0.2) is 36.4 Å². The number of rotatable bonds is 1. The van der Waals surface area contributed by atoms with Crippen molar-refractivity contribution in [3.8, 4) is 11.1 Å². The molecular weight excluding hydrogens is 195 g/mol. The molecule has 1 nitrogen and oxygen atoms in total. The molecule has 0 saturated heterocycles. The molecular formula is C11H6BF2N. The smallest absolute Gasteiger partial charge is 0.190 e. The van der Waals surface area contributed by atoms with Crippen LogP contribution in [0.2, 0.25) is 0 Å². The average Bonchev–Trinajstić information content (AvgIpc) is 2.20. The van der Waals surface area contributed by atoms with Crippen molar-refractivity contribution in [2.75, 3.05) is 0 Å². The van der Waals surface area contributed by atoms with Gasteiger partial charge in [0.2, 0.25) is 11.9 Å². The molecule has 0 aliphatic rings. The van der Waals surface area contributed by atoms with Gasteiger partial charge in [0.25, 0.3) is 0 Å². The highest BCUT2D eigenvalue weighted by atomic mass is 19.1. The first kappa shape index (κ1) is 9.83. The van der Waals surface area contributed by atoms with Crippen molar-refractivity contribution in [3.05, 3.63) is 48.3 Å². The van der Waals surface area contributed by atoms with Crippen LogP contribution < -0.4 is 5.46 Å². The summed E-state index contributed by atoms with van der Waals surface area (Å²) in [5.41, 5.74) is 1.47. The lowest BCUT2D eigenvalue weighted by Gasteiger charge is -2.02. The zero-order valence-electron chi connectivity index (χ0n) is 7.74. The van der Waals surface area contributed by atoms with Crippen LogP contribution in [0.25, 0.3) is 11.1 Å². The molecule has 2 aromatic rings. The molecule has 0 N–H and O–H groups in total. The monoisotopic (exact) mass is 201 g/mol. The van der Waals surface area contributed by atoms with Crippen LogP contribution in [-0.2, 0) is 0 Å². The molecule has 0 bridgehead atoms. The van der Waals surface area contributed by atoms with E-state index < -0.39 is 11.9 Å². The lowest BCUT2D eigenvalue weighted by Crippen LogP contribution is -2.00. The third-order valence-electron chi connectivity index (χ3n) is 2.04. The van der Waals surface area contributed by atoms with E-state index in [1.807, 2.05) is 0 Å². The van der Waals surface area contributed by atoms with Crippen LogP contribution >= 0.6 is 0 Å². The maximum Gasteiger partial charge on any atom is 0.223 e. The molecule has 1 heterocycles. The van der Waals surface area contributed by atoms with Gasteiger partial charge in [-0.2, -0.15) is 13.8 Å². The Morgan fingerprint density at radius 2 is 1.60 bits per heavy atom. The minimum absolute atomic E-state index is 0.261. The number of benzene rings is 1. The maximum atomic E-state index is 13.3. The van der Waals surface area contributed by atoms with Gasteiger partial charge in [-0.25, -0.2) is 0 Å².